The first-order chi connectivity index (χ1) is 9.04. The molecule has 1 rings (SSSR count). The Morgan fingerprint density at radius 2 is 2.11 bits per heavy atom. The first-order valence-corrected chi connectivity index (χ1v) is 7.10. The minimum absolute atomic E-state index is 0.0517. The molecule has 0 fully saturated rings. The summed E-state index contributed by atoms with van der Waals surface area (Å²) < 4.78 is 0. The maximum Gasteiger partial charge on any atom is 0.254 e. The topological polar surface area (TPSA) is 49.6 Å². The van der Waals surface area contributed by atoms with E-state index < -0.39 is 0 Å². The van der Waals surface area contributed by atoms with Crippen molar-refractivity contribution in [1.82, 2.24) is 9.80 Å². The molecule has 0 aliphatic carbocycles. The molecule has 0 radical (unpaired) electrons. The summed E-state index contributed by atoms with van der Waals surface area (Å²) in [6.45, 7) is 2.08. The number of nitrogens with zero attached hydrogens (tertiary/aromatic N) is 2. The van der Waals surface area contributed by atoms with Crippen molar-refractivity contribution < 1.29 is 4.79 Å². The summed E-state index contributed by atoms with van der Waals surface area (Å²) >= 11 is 1.48. The van der Waals surface area contributed by atoms with Crippen LogP contribution in [0.25, 0.3) is 0 Å². The van der Waals surface area contributed by atoms with Gasteiger partial charge < -0.3 is 15.5 Å². The lowest BCUT2D eigenvalue weighted by Gasteiger charge is -2.17. The zero-order valence-electron chi connectivity index (χ0n) is 11.8. The van der Waals surface area contributed by atoms with Crippen molar-refractivity contribution in [3.8, 4) is 11.8 Å². The van der Waals surface area contributed by atoms with E-state index in [0.29, 0.717) is 12.1 Å². The van der Waals surface area contributed by atoms with E-state index in [4.69, 9.17) is 5.73 Å². The van der Waals surface area contributed by atoms with Crippen LogP contribution in [0.15, 0.2) is 11.4 Å². The molecule has 0 spiro atoms. The number of hydrogen-bond acceptors (Lipinski definition) is 4. The van der Waals surface area contributed by atoms with Crippen molar-refractivity contribution in [3.63, 3.8) is 0 Å². The third-order valence-electron chi connectivity index (χ3n) is 2.61. The van der Waals surface area contributed by atoms with Crippen molar-refractivity contribution in [1.29, 1.82) is 0 Å². The summed E-state index contributed by atoms with van der Waals surface area (Å²) in [4.78, 5) is 16.9. The van der Waals surface area contributed by atoms with Gasteiger partial charge in [-0.3, -0.25) is 4.79 Å². The molecule has 0 saturated heterocycles. The lowest BCUT2D eigenvalue weighted by Crippen LogP contribution is -2.29. The van der Waals surface area contributed by atoms with Crippen LogP contribution in [0.2, 0.25) is 0 Å². The first kappa shape index (κ1) is 15.7. The number of carbonyl (C=O) groups excluding carboxylic acids is 1. The average molecular weight is 279 g/mol. The highest BCUT2D eigenvalue weighted by Crippen LogP contribution is 2.15. The quantitative estimate of drug-likeness (QED) is 0.821. The number of thiophene rings is 1. The lowest BCUT2D eigenvalue weighted by molar-refractivity contribution is 0.0791. The zero-order valence-corrected chi connectivity index (χ0v) is 12.6. The standard InChI is InChI=1S/C14H21N3OS/c1-16(2)8-5-9-17(3)14(18)12-10-13(19-11-12)6-4-7-15/h10-11H,5,7-9,15H2,1-3H3. The lowest BCUT2D eigenvalue weighted by atomic mass is 10.2. The van der Waals surface area contributed by atoms with E-state index in [1.54, 1.807) is 4.90 Å². The number of amides is 1. The summed E-state index contributed by atoms with van der Waals surface area (Å²) in [6, 6.07) is 1.83. The molecule has 0 unspecified atom stereocenters. The third-order valence-corrected chi connectivity index (χ3v) is 3.45. The number of carbonyl (C=O) groups is 1. The minimum Gasteiger partial charge on any atom is -0.342 e. The summed E-state index contributed by atoms with van der Waals surface area (Å²) in [7, 11) is 5.90. The monoisotopic (exact) mass is 279 g/mol. The van der Waals surface area contributed by atoms with E-state index in [9.17, 15) is 4.79 Å². The van der Waals surface area contributed by atoms with Gasteiger partial charge in [0, 0.05) is 19.0 Å². The third kappa shape index (κ3) is 5.43. The number of nitrogens with two attached hydrogens (primary N) is 1. The van der Waals surface area contributed by atoms with E-state index in [1.165, 1.54) is 11.3 Å². The molecule has 1 amide bonds. The predicted molar refractivity (Wildman–Crippen MR) is 80.4 cm³/mol. The fourth-order valence-corrected chi connectivity index (χ4v) is 2.35. The highest BCUT2D eigenvalue weighted by atomic mass is 32.1. The van der Waals surface area contributed by atoms with Crippen LogP contribution in [0.1, 0.15) is 21.7 Å². The van der Waals surface area contributed by atoms with E-state index in [1.807, 2.05) is 32.6 Å². The van der Waals surface area contributed by atoms with Gasteiger partial charge in [0.15, 0.2) is 0 Å². The molecule has 1 heterocycles. The second-order valence-electron chi connectivity index (χ2n) is 4.59. The van der Waals surface area contributed by atoms with Crippen LogP contribution in [-0.2, 0) is 0 Å². The smallest absolute Gasteiger partial charge is 0.254 e. The molecule has 0 saturated carbocycles. The Morgan fingerprint density at radius 3 is 2.74 bits per heavy atom. The molecular weight excluding hydrogens is 258 g/mol. The van der Waals surface area contributed by atoms with Gasteiger partial charge in [-0.2, -0.15) is 0 Å². The van der Waals surface area contributed by atoms with Gasteiger partial charge >= 0.3 is 0 Å². The maximum absolute atomic E-state index is 12.2. The van der Waals surface area contributed by atoms with Crippen molar-refractivity contribution in [2.45, 2.75) is 6.42 Å². The Kier molecular flexibility index (Phi) is 6.57. The minimum atomic E-state index is 0.0517. The first-order valence-electron chi connectivity index (χ1n) is 6.22. The molecule has 0 aliphatic heterocycles. The van der Waals surface area contributed by atoms with Crippen LogP contribution >= 0.6 is 11.3 Å². The van der Waals surface area contributed by atoms with Gasteiger partial charge in [0.05, 0.1) is 17.0 Å². The van der Waals surface area contributed by atoms with Crippen molar-refractivity contribution in [2.24, 2.45) is 5.73 Å². The molecule has 104 valence electrons. The number of rotatable bonds is 5. The number of hydrogen-bond donors (Lipinski definition) is 1. The van der Waals surface area contributed by atoms with Gasteiger partial charge in [0.1, 0.15) is 0 Å². The fraction of sp³-hybridized carbons (Fsp3) is 0.500. The molecule has 19 heavy (non-hydrogen) atoms. The Balaban J connectivity index is 2.54. The molecule has 1 aromatic heterocycles. The van der Waals surface area contributed by atoms with Gasteiger partial charge in [-0.05, 0) is 33.1 Å². The van der Waals surface area contributed by atoms with Crippen molar-refractivity contribution in [3.05, 3.63) is 21.9 Å². The Morgan fingerprint density at radius 1 is 1.37 bits per heavy atom. The van der Waals surface area contributed by atoms with Gasteiger partial charge in [-0.15, -0.1) is 11.3 Å². The van der Waals surface area contributed by atoms with Crippen molar-refractivity contribution >= 4 is 17.2 Å². The summed E-state index contributed by atoms with van der Waals surface area (Å²) in [5, 5.41) is 1.85. The molecule has 5 heteroatoms. The fourth-order valence-electron chi connectivity index (χ4n) is 1.60. The molecule has 0 aliphatic rings. The Labute approximate surface area is 119 Å². The highest BCUT2D eigenvalue weighted by molar-refractivity contribution is 7.10. The molecule has 4 nitrogen and oxygen atoms in total. The average Bonchev–Trinajstić information content (AvgIpc) is 2.83. The second-order valence-corrected chi connectivity index (χ2v) is 5.50. The van der Waals surface area contributed by atoms with Gasteiger partial charge in [0.2, 0.25) is 0 Å². The Bertz CT molecular complexity index is 471. The van der Waals surface area contributed by atoms with Crippen LogP contribution in [0.5, 0.6) is 0 Å². The summed E-state index contributed by atoms with van der Waals surface area (Å²) in [5.74, 6) is 5.78. The van der Waals surface area contributed by atoms with Gasteiger partial charge in [-0.25, -0.2) is 0 Å². The summed E-state index contributed by atoms with van der Waals surface area (Å²) in [6.07, 6.45) is 0.971. The Hall–Kier alpha value is -1.35. The summed E-state index contributed by atoms with van der Waals surface area (Å²) in [5.41, 5.74) is 6.03. The molecule has 0 atom stereocenters. The van der Waals surface area contributed by atoms with E-state index in [0.717, 1.165) is 24.4 Å². The van der Waals surface area contributed by atoms with Crippen molar-refractivity contribution in [2.75, 3.05) is 40.8 Å². The van der Waals surface area contributed by atoms with Crippen LogP contribution in [0.3, 0.4) is 0 Å². The van der Waals surface area contributed by atoms with Crippen LogP contribution in [0, 0.1) is 11.8 Å². The zero-order chi connectivity index (χ0) is 14.3. The molecule has 2 N–H and O–H groups in total. The van der Waals surface area contributed by atoms with Crippen LogP contribution < -0.4 is 5.73 Å². The maximum atomic E-state index is 12.2. The van der Waals surface area contributed by atoms with Gasteiger partial charge in [-0.1, -0.05) is 11.8 Å². The molecule has 0 aromatic carbocycles. The second kappa shape index (κ2) is 7.95. The van der Waals surface area contributed by atoms with Crippen LogP contribution in [0.4, 0.5) is 0 Å². The SMILES string of the molecule is CN(C)CCCN(C)C(=O)c1csc(C#CCN)c1. The van der Waals surface area contributed by atoms with E-state index in [-0.39, 0.29) is 5.91 Å². The van der Waals surface area contributed by atoms with Gasteiger partial charge in [0.25, 0.3) is 5.91 Å². The normalized spacial score (nSPS) is 10.2. The largest absolute Gasteiger partial charge is 0.342 e. The van der Waals surface area contributed by atoms with E-state index in [2.05, 4.69) is 16.7 Å². The molecule has 0 bridgehead atoms. The highest BCUT2D eigenvalue weighted by Gasteiger charge is 2.12. The molecular formula is C14H21N3OS. The van der Waals surface area contributed by atoms with E-state index >= 15 is 0 Å². The van der Waals surface area contributed by atoms with Crippen LogP contribution in [-0.4, -0.2) is 56.5 Å². The molecule has 1 aromatic rings. The predicted octanol–water partition coefficient (Wildman–Crippen LogP) is 1.08.